The first-order valence-corrected chi connectivity index (χ1v) is 8.08. The van der Waals surface area contributed by atoms with Gasteiger partial charge >= 0.3 is 0 Å². The number of hydrogen-bond donors (Lipinski definition) is 1. The van der Waals surface area contributed by atoms with Crippen molar-refractivity contribution in [2.45, 2.75) is 6.42 Å². The minimum atomic E-state index is -0.187. The first-order valence-electron chi connectivity index (χ1n) is 8.08. The van der Waals surface area contributed by atoms with Gasteiger partial charge in [-0.25, -0.2) is 9.97 Å². The Morgan fingerprint density at radius 1 is 1.00 bits per heavy atom. The van der Waals surface area contributed by atoms with Gasteiger partial charge < -0.3 is 14.8 Å². The highest BCUT2D eigenvalue weighted by Crippen LogP contribution is 2.24. The van der Waals surface area contributed by atoms with Crippen molar-refractivity contribution in [1.82, 2.24) is 9.97 Å². The van der Waals surface area contributed by atoms with Crippen molar-refractivity contribution < 1.29 is 14.3 Å². The topological polar surface area (TPSA) is 73.3 Å². The van der Waals surface area contributed by atoms with E-state index in [1.54, 1.807) is 44.8 Å². The maximum Gasteiger partial charge on any atom is 0.229 e. The molecule has 2 aromatic carbocycles. The van der Waals surface area contributed by atoms with Crippen molar-refractivity contribution >= 4 is 11.6 Å². The number of nitrogens with one attached hydrogen (secondary N) is 1. The molecule has 0 aliphatic carbocycles. The first-order chi connectivity index (χ1) is 12.7. The third-order valence-electron chi connectivity index (χ3n) is 3.81. The fourth-order valence-corrected chi connectivity index (χ4v) is 2.53. The van der Waals surface area contributed by atoms with E-state index in [9.17, 15) is 4.79 Å². The van der Waals surface area contributed by atoms with Crippen LogP contribution in [0.1, 0.15) is 5.56 Å². The molecule has 6 nitrogen and oxygen atoms in total. The molecule has 3 rings (SSSR count). The van der Waals surface area contributed by atoms with Crippen molar-refractivity contribution in [3.63, 3.8) is 0 Å². The predicted octanol–water partition coefficient (Wildman–Crippen LogP) is 3.34. The second-order valence-corrected chi connectivity index (χ2v) is 5.56. The minimum absolute atomic E-state index is 0.154. The number of carbonyl (C=O) groups excluding carboxylic acids is 1. The zero-order valence-electron chi connectivity index (χ0n) is 14.6. The van der Waals surface area contributed by atoms with E-state index in [4.69, 9.17) is 9.47 Å². The molecule has 132 valence electrons. The molecule has 1 aromatic heterocycles. The lowest BCUT2D eigenvalue weighted by molar-refractivity contribution is -0.115. The van der Waals surface area contributed by atoms with E-state index in [0.717, 1.165) is 11.1 Å². The smallest absolute Gasteiger partial charge is 0.229 e. The Labute approximate surface area is 151 Å². The van der Waals surface area contributed by atoms with Gasteiger partial charge in [0, 0.05) is 11.1 Å². The van der Waals surface area contributed by atoms with Gasteiger partial charge in [-0.05, 0) is 18.2 Å². The van der Waals surface area contributed by atoms with Gasteiger partial charge in [0.2, 0.25) is 5.91 Å². The molecule has 26 heavy (non-hydrogen) atoms. The highest BCUT2D eigenvalue weighted by atomic mass is 16.5. The number of aromatic nitrogens is 2. The van der Waals surface area contributed by atoms with Crippen molar-refractivity contribution in [2.75, 3.05) is 19.5 Å². The van der Waals surface area contributed by atoms with Crippen molar-refractivity contribution in [2.24, 2.45) is 0 Å². The van der Waals surface area contributed by atoms with Crippen molar-refractivity contribution in [3.8, 4) is 22.9 Å². The SMILES string of the molecule is COc1ccc(OC)c(CC(=O)Nc2cnc(-c3ccccc3)nc2)c1. The zero-order chi connectivity index (χ0) is 18.4. The van der Waals surface area contributed by atoms with Crippen LogP contribution in [0, 0.1) is 0 Å². The van der Waals surface area contributed by atoms with E-state index in [-0.39, 0.29) is 12.3 Å². The molecule has 0 radical (unpaired) electrons. The molecule has 0 fully saturated rings. The van der Waals surface area contributed by atoms with Crippen LogP contribution in [-0.2, 0) is 11.2 Å². The number of benzene rings is 2. The monoisotopic (exact) mass is 349 g/mol. The summed E-state index contributed by atoms with van der Waals surface area (Å²) in [6.45, 7) is 0. The van der Waals surface area contributed by atoms with Crippen LogP contribution in [0.25, 0.3) is 11.4 Å². The Hall–Kier alpha value is -3.41. The maximum absolute atomic E-state index is 12.3. The van der Waals surface area contributed by atoms with Gasteiger partial charge in [-0.2, -0.15) is 0 Å². The third kappa shape index (κ3) is 4.16. The summed E-state index contributed by atoms with van der Waals surface area (Å²) in [6, 6.07) is 15.0. The second-order valence-electron chi connectivity index (χ2n) is 5.56. The van der Waals surface area contributed by atoms with Gasteiger partial charge in [0.25, 0.3) is 0 Å². The van der Waals surface area contributed by atoms with E-state index >= 15 is 0 Å². The lowest BCUT2D eigenvalue weighted by atomic mass is 10.1. The predicted molar refractivity (Wildman–Crippen MR) is 99.3 cm³/mol. The van der Waals surface area contributed by atoms with Crippen LogP contribution in [0.3, 0.4) is 0 Å². The fourth-order valence-electron chi connectivity index (χ4n) is 2.53. The van der Waals surface area contributed by atoms with Crippen LogP contribution in [0.4, 0.5) is 5.69 Å². The van der Waals surface area contributed by atoms with Gasteiger partial charge in [-0.3, -0.25) is 4.79 Å². The number of amides is 1. The molecule has 1 heterocycles. The standard InChI is InChI=1S/C20H19N3O3/c1-25-17-8-9-18(26-2)15(10-17)11-19(24)23-16-12-21-20(22-13-16)14-6-4-3-5-7-14/h3-10,12-13H,11H2,1-2H3,(H,23,24). The molecule has 0 aliphatic rings. The van der Waals surface area contributed by atoms with Crippen LogP contribution < -0.4 is 14.8 Å². The fraction of sp³-hybridized carbons (Fsp3) is 0.150. The number of rotatable bonds is 6. The van der Waals surface area contributed by atoms with Crippen molar-refractivity contribution in [3.05, 3.63) is 66.5 Å². The summed E-state index contributed by atoms with van der Waals surface area (Å²) >= 11 is 0. The summed E-state index contributed by atoms with van der Waals surface area (Å²) in [7, 11) is 3.15. The molecule has 0 saturated heterocycles. The highest BCUT2D eigenvalue weighted by Gasteiger charge is 2.11. The zero-order valence-corrected chi connectivity index (χ0v) is 14.6. The van der Waals surface area contributed by atoms with Crippen LogP contribution in [-0.4, -0.2) is 30.1 Å². The quantitative estimate of drug-likeness (QED) is 0.739. The Kier molecular flexibility index (Phi) is 5.43. The number of anilines is 1. The van der Waals surface area contributed by atoms with Gasteiger partial charge in [-0.1, -0.05) is 30.3 Å². The van der Waals surface area contributed by atoms with E-state index in [1.807, 2.05) is 30.3 Å². The van der Waals surface area contributed by atoms with Gasteiger partial charge in [0.1, 0.15) is 11.5 Å². The third-order valence-corrected chi connectivity index (χ3v) is 3.81. The van der Waals surface area contributed by atoms with Crippen LogP contribution in [0.15, 0.2) is 60.9 Å². The van der Waals surface area contributed by atoms with Crippen LogP contribution in [0.5, 0.6) is 11.5 Å². The first kappa shape index (κ1) is 17.4. The maximum atomic E-state index is 12.3. The molecule has 3 aromatic rings. The van der Waals surface area contributed by atoms with E-state index in [2.05, 4.69) is 15.3 Å². The Balaban J connectivity index is 1.69. The summed E-state index contributed by atoms with van der Waals surface area (Å²) < 4.78 is 10.5. The van der Waals surface area contributed by atoms with E-state index in [1.165, 1.54) is 0 Å². The molecule has 0 atom stereocenters. The number of nitrogens with zero attached hydrogens (tertiary/aromatic N) is 2. The minimum Gasteiger partial charge on any atom is -0.497 e. The molecular weight excluding hydrogens is 330 g/mol. The molecule has 0 aliphatic heterocycles. The summed E-state index contributed by atoms with van der Waals surface area (Å²) in [5, 5.41) is 2.80. The molecule has 0 spiro atoms. The van der Waals surface area contributed by atoms with Crippen molar-refractivity contribution in [1.29, 1.82) is 0 Å². The average Bonchev–Trinajstić information content (AvgIpc) is 2.69. The van der Waals surface area contributed by atoms with Crippen LogP contribution in [0.2, 0.25) is 0 Å². The highest BCUT2D eigenvalue weighted by molar-refractivity contribution is 5.92. The largest absolute Gasteiger partial charge is 0.497 e. The van der Waals surface area contributed by atoms with Gasteiger partial charge in [0.05, 0.1) is 38.7 Å². The average molecular weight is 349 g/mol. The lowest BCUT2D eigenvalue weighted by Gasteiger charge is -2.11. The number of ether oxygens (including phenoxy) is 2. The Bertz CT molecular complexity index is 881. The van der Waals surface area contributed by atoms with E-state index in [0.29, 0.717) is 23.0 Å². The summed E-state index contributed by atoms with van der Waals surface area (Å²) in [5.41, 5.74) is 2.20. The molecule has 0 saturated carbocycles. The number of carbonyl (C=O) groups is 1. The molecule has 0 unspecified atom stereocenters. The molecule has 1 amide bonds. The summed E-state index contributed by atoms with van der Waals surface area (Å²) in [4.78, 5) is 20.9. The Morgan fingerprint density at radius 3 is 2.38 bits per heavy atom. The van der Waals surface area contributed by atoms with Gasteiger partial charge in [0.15, 0.2) is 5.82 Å². The number of hydrogen-bond acceptors (Lipinski definition) is 5. The van der Waals surface area contributed by atoms with Crippen LogP contribution >= 0.6 is 0 Å². The Morgan fingerprint density at radius 2 is 1.73 bits per heavy atom. The molecule has 6 heteroatoms. The molecular formula is C20H19N3O3. The molecule has 1 N–H and O–H groups in total. The van der Waals surface area contributed by atoms with Gasteiger partial charge in [-0.15, -0.1) is 0 Å². The normalized spacial score (nSPS) is 10.2. The van der Waals surface area contributed by atoms with E-state index < -0.39 is 0 Å². The molecule has 0 bridgehead atoms. The number of methoxy groups -OCH3 is 2. The second kappa shape index (κ2) is 8.11. The summed E-state index contributed by atoms with van der Waals surface area (Å²) in [6.07, 6.45) is 3.34. The lowest BCUT2D eigenvalue weighted by Crippen LogP contribution is -2.15. The summed E-state index contributed by atoms with van der Waals surface area (Å²) in [5.74, 6) is 1.73.